The molecule has 25 heavy (non-hydrogen) atoms. The van der Waals surface area contributed by atoms with E-state index in [1.54, 1.807) is 17.2 Å². The third kappa shape index (κ3) is 4.04. The number of ether oxygens (including phenoxy) is 1. The Labute approximate surface area is 150 Å². The Morgan fingerprint density at radius 3 is 2.52 bits per heavy atom. The summed E-state index contributed by atoms with van der Waals surface area (Å²) in [4.78, 5) is 32.2. The summed E-state index contributed by atoms with van der Waals surface area (Å²) in [5.41, 5.74) is 0.697. The van der Waals surface area contributed by atoms with Gasteiger partial charge in [0.15, 0.2) is 0 Å². The fraction of sp³-hybridized carbons (Fsp3) is 0.471. The number of nitrogens with zero attached hydrogens (tertiary/aromatic N) is 4. The van der Waals surface area contributed by atoms with Gasteiger partial charge < -0.3 is 14.5 Å². The lowest BCUT2D eigenvalue weighted by atomic mass is 10.2. The third-order valence-electron chi connectivity index (χ3n) is 3.91. The van der Waals surface area contributed by atoms with Crippen LogP contribution in [0.5, 0.6) is 0 Å². The zero-order valence-electron chi connectivity index (χ0n) is 14.5. The molecular formula is C17H21ClN4O3. The second-order valence-corrected chi connectivity index (χ2v) is 7.37. The summed E-state index contributed by atoms with van der Waals surface area (Å²) in [7, 11) is 0. The summed E-state index contributed by atoms with van der Waals surface area (Å²) in [5.74, 6) is 0. The van der Waals surface area contributed by atoms with E-state index in [0.29, 0.717) is 31.8 Å². The molecule has 3 heterocycles. The minimum Gasteiger partial charge on any atom is -0.444 e. The fourth-order valence-corrected chi connectivity index (χ4v) is 2.90. The molecule has 8 heteroatoms. The van der Waals surface area contributed by atoms with Crippen molar-refractivity contribution in [2.24, 2.45) is 0 Å². The predicted molar refractivity (Wildman–Crippen MR) is 96.5 cm³/mol. The number of fused-ring (bicyclic) bond motifs is 1. The standard InChI is InChI=1S/C17H21ClN4O3/c1-17(2,3)25-16(24)21-8-6-20(7-9-21)12-4-5-14-19-13(18)10-15(23)22(14)11-12/h4-5,10-11H,6-9H2,1-3H3. The van der Waals surface area contributed by atoms with Crippen molar-refractivity contribution in [3.8, 4) is 0 Å². The van der Waals surface area contributed by atoms with E-state index in [9.17, 15) is 9.59 Å². The van der Waals surface area contributed by atoms with E-state index in [2.05, 4.69) is 9.88 Å². The number of hydrogen-bond donors (Lipinski definition) is 0. The second-order valence-electron chi connectivity index (χ2n) is 6.99. The number of carbonyl (C=O) groups excluding carboxylic acids is 1. The van der Waals surface area contributed by atoms with E-state index in [1.807, 2.05) is 26.8 Å². The Kier molecular flexibility index (Phi) is 4.60. The maximum atomic E-state index is 12.1. The Balaban J connectivity index is 1.72. The van der Waals surface area contributed by atoms with Gasteiger partial charge in [-0.2, -0.15) is 0 Å². The molecule has 0 unspecified atom stereocenters. The van der Waals surface area contributed by atoms with Crippen molar-refractivity contribution in [1.29, 1.82) is 0 Å². The minimum absolute atomic E-state index is 0.184. The first-order valence-corrected chi connectivity index (χ1v) is 8.52. The maximum Gasteiger partial charge on any atom is 0.410 e. The molecule has 3 rings (SSSR count). The zero-order valence-corrected chi connectivity index (χ0v) is 15.3. The summed E-state index contributed by atoms with van der Waals surface area (Å²) < 4.78 is 6.88. The Hall–Kier alpha value is -2.28. The average molecular weight is 365 g/mol. The van der Waals surface area contributed by atoms with Crippen molar-refractivity contribution in [3.63, 3.8) is 0 Å². The van der Waals surface area contributed by atoms with Gasteiger partial charge in [0.05, 0.1) is 5.69 Å². The molecule has 2 aromatic rings. The number of aromatic nitrogens is 2. The number of piperazine rings is 1. The minimum atomic E-state index is -0.498. The van der Waals surface area contributed by atoms with Crippen LogP contribution in [0.25, 0.3) is 5.65 Å². The molecule has 0 radical (unpaired) electrons. The van der Waals surface area contributed by atoms with Crippen molar-refractivity contribution < 1.29 is 9.53 Å². The molecule has 0 spiro atoms. The molecule has 1 fully saturated rings. The van der Waals surface area contributed by atoms with Crippen LogP contribution in [-0.2, 0) is 4.74 Å². The number of carbonyl (C=O) groups is 1. The lowest BCUT2D eigenvalue weighted by Gasteiger charge is -2.36. The summed E-state index contributed by atoms with van der Waals surface area (Å²) in [6.07, 6.45) is 1.46. The van der Waals surface area contributed by atoms with E-state index in [0.717, 1.165) is 5.69 Å². The number of rotatable bonds is 1. The van der Waals surface area contributed by atoms with Gasteiger partial charge in [-0.25, -0.2) is 9.78 Å². The Morgan fingerprint density at radius 1 is 1.20 bits per heavy atom. The van der Waals surface area contributed by atoms with Gasteiger partial charge >= 0.3 is 6.09 Å². The normalized spacial score (nSPS) is 15.5. The third-order valence-corrected chi connectivity index (χ3v) is 4.10. The molecule has 7 nitrogen and oxygen atoms in total. The summed E-state index contributed by atoms with van der Waals surface area (Å²) in [5, 5.41) is 0.184. The molecular weight excluding hydrogens is 344 g/mol. The van der Waals surface area contributed by atoms with Crippen LogP contribution >= 0.6 is 11.6 Å². The van der Waals surface area contributed by atoms with Gasteiger partial charge in [0, 0.05) is 38.4 Å². The van der Waals surface area contributed by atoms with Gasteiger partial charge in [-0.1, -0.05) is 11.6 Å². The zero-order chi connectivity index (χ0) is 18.2. The van der Waals surface area contributed by atoms with Gasteiger partial charge in [0.25, 0.3) is 5.56 Å². The molecule has 0 bridgehead atoms. The second kappa shape index (κ2) is 6.55. The first kappa shape index (κ1) is 17.5. The predicted octanol–water partition coefficient (Wildman–Crippen LogP) is 2.41. The largest absolute Gasteiger partial charge is 0.444 e. The molecule has 0 atom stereocenters. The van der Waals surface area contributed by atoms with Crippen molar-refractivity contribution in [1.82, 2.24) is 14.3 Å². The van der Waals surface area contributed by atoms with E-state index in [4.69, 9.17) is 16.3 Å². The van der Waals surface area contributed by atoms with Crippen LogP contribution in [0.4, 0.5) is 10.5 Å². The molecule has 1 saturated heterocycles. The summed E-state index contributed by atoms with van der Waals surface area (Å²) in [6.45, 7) is 8.04. The highest BCUT2D eigenvalue weighted by atomic mass is 35.5. The summed E-state index contributed by atoms with van der Waals surface area (Å²) >= 11 is 5.82. The van der Waals surface area contributed by atoms with Gasteiger partial charge in [-0.05, 0) is 32.9 Å². The van der Waals surface area contributed by atoms with Crippen molar-refractivity contribution in [2.75, 3.05) is 31.1 Å². The highest BCUT2D eigenvalue weighted by Crippen LogP contribution is 2.18. The lowest BCUT2D eigenvalue weighted by Crippen LogP contribution is -2.50. The smallest absolute Gasteiger partial charge is 0.410 e. The lowest BCUT2D eigenvalue weighted by molar-refractivity contribution is 0.0240. The van der Waals surface area contributed by atoms with E-state index in [1.165, 1.54) is 10.5 Å². The number of amides is 1. The van der Waals surface area contributed by atoms with Crippen molar-refractivity contribution in [3.05, 3.63) is 39.9 Å². The number of hydrogen-bond acceptors (Lipinski definition) is 5. The fourth-order valence-electron chi connectivity index (χ4n) is 2.72. The molecule has 0 N–H and O–H groups in total. The van der Waals surface area contributed by atoms with Crippen molar-refractivity contribution >= 4 is 29.0 Å². The molecule has 134 valence electrons. The quantitative estimate of drug-likeness (QED) is 0.727. The molecule has 0 aliphatic carbocycles. The molecule has 1 aliphatic rings. The molecule has 0 aromatic carbocycles. The molecule has 2 aromatic heterocycles. The highest BCUT2D eigenvalue weighted by molar-refractivity contribution is 6.29. The van der Waals surface area contributed by atoms with Crippen LogP contribution in [-0.4, -0.2) is 52.2 Å². The topological polar surface area (TPSA) is 67.2 Å². The summed E-state index contributed by atoms with van der Waals surface area (Å²) in [6, 6.07) is 4.96. The van der Waals surface area contributed by atoms with Gasteiger partial charge in [0.1, 0.15) is 16.4 Å². The monoisotopic (exact) mass is 364 g/mol. The number of anilines is 1. The van der Waals surface area contributed by atoms with E-state index >= 15 is 0 Å². The van der Waals surface area contributed by atoms with Crippen LogP contribution in [0.1, 0.15) is 20.8 Å². The van der Waals surface area contributed by atoms with Crippen LogP contribution in [0.3, 0.4) is 0 Å². The van der Waals surface area contributed by atoms with Crippen LogP contribution in [0.2, 0.25) is 5.15 Å². The first-order valence-electron chi connectivity index (χ1n) is 8.15. The van der Waals surface area contributed by atoms with Crippen molar-refractivity contribution in [2.45, 2.75) is 26.4 Å². The molecule has 0 saturated carbocycles. The van der Waals surface area contributed by atoms with Gasteiger partial charge in [0.2, 0.25) is 0 Å². The van der Waals surface area contributed by atoms with E-state index < -0.39 is 5.60 Å². The maximum absolute atomic E-state index is 12.1. The van der Waals surface area contributed by atoms with Crippen LogP contribution < -0.4 is 10.5 Å². The molecule has 1 amide bonds. The van der Waals surface area contributed by atoms with Gasteiger partial charge in [-0.3, -0.25) is 9.20 Å². The van der Waals surface area contributed by atoms with Gasteiger partial charge in [-0.15, -0.1) is 0 Å². The highest BCUT2D eigenvalue weighted by Gasteiger charge is 2.26. The average Bonchev–Trinajstić information content (AvgIpc) is 2.53. The SMILES string of the molecule is CC(C)(C)OC(=O)N1CCN(c2ccc3nc(Cl)cc(=O)n3c2)CC1. The molecule has 1 aliphatic heterocycles. The van der Waals surface area contributed by atoms with Crippen LogP contribution in [0, 0.1) is 0 Å². The number of pyridine rings is 1. The Bertz CT molecular complexity index is 851. The number of halogens is 1. The first-order chi connectivity index (χ1) is 11.7. The Morgan fingerprint density at radius 2 is 1.88 bits per heavy atom. The van der Waals surface area contributed by atoms with E-state index in [-0.39, 0.29) is 16.8 Å². The van der Waals surface area contributed by atoms with Crippen LogP contribution in [0.15, 0.2) is 29.2 Å².